The van der Waals surface area contributed by atoms with Gasteiger partial charge in [0, 0.05) is 28.4 Å². The van der Waals surface area contributed by atoms with Crippen LogP contribution in [0.4, 0.5) is 0 Å². The monoisotopic (exact) mass is 361 g/mol. The molecule has 1 aromatic carbocycles. The van der Waals surface area contributed by atoms with Gasteiger partial charge in [-0.05, 0) is 82.6 Å². The van der Waals surface area contributed by atoms with Crippen molar-refractivity contribution < 1.29 is 4.52 Å². The Morgan fingerprint density at radius 1 is 1.12 bits per heavy atom. The number of halogens is 1. The lowest BCUT2D eigenvalue weighted by Gasteiger charge is -2.33. The van der Waals surface area contributed by atoms with Crippen molar-refractivity contribution in [1.29, 1.82) is 0 Å². The van der Waals surface area contributed by atoms with E-state index in [9.17, 15) is 0 Å². The van der Waals surface area contributed by atoms with Gasteiger partial charge in [0.2, 0.25) is 0 Å². The molecular formula is C20H28ClN3O. The summed E-state index contributed by atoms with van der Waals surface area (Å²) in [5, 5.41) is 6.18. The van der Waals surface area contributed by atoms with Crippen molar-refractivity contribution >= 4 is 22.6 Å². The molecule has 136 valence electrons. The molecule has 4 nitrogen and oxygen atoms in total. The smallest absolute Gasteiger partial charge is 0.168 e. The van der Waals surface area contributed by atoms with E-state index in [4.69, 9.17) is 21.9 Å². The van der Waals surface area contributed by atoms with E-state index in [-0.39, 0.29) is 0 Å². The zero-order chi connectivity index (χ0) is 17.2. The zero-order valence-corrected chi connectivity index (χ0v) is 15.5. The average molecular weight is 362 g/mol. The van der Waals surface area contributed by atoms with Gasteiger partial charge in [0.05, 0.1) is 5.69 Å². The highest BCUT2D eigenvalue weighted by atomic mass is 35.5. The van der Waals surface area contributed by atoms with Crippen molar-refractivity contribution in [2.75, 3.05) is 19.6 Å². The molecule has 2 heterocycles. The second kappa shape index (κ2) is 7.65. The maximum atomic E-state index is 6.04. The highest BCUT2D eigenvalue weighted by molar-refractivity contribution is 6.31. The van der Waals surface area contributed by atoms with Crippen molar-refractivity contribution in [3.63, 3.8) is 0 Å². The van der Waals surface area contributed by atoms with Gasteiger partial charge in [-0.3, -0.25) is 0 Å². The number of nitrogens with two attached hydrogens (primary N) is 1. The summed E-state index contributed by atoms with van der Waals surface area (Å²) in [5.41, 5.74) is 7.94. The Morgan fingerprint density at radius 2 is 1.88 bits per heavy atom. The van der Waals surface area contributed by atoms with Crippen LogP contribution in [0.3, 0.4) is 0 Å². The van der Waals surface area contributed by atoms with E-state index in [0.29, 0.717) is 17.0 Å². The number of likely N-dealkylation sites (tertiary alicyclic amines) is 1. The van der Waals surface area contributed by atoms with Gasteiger partial charge in [-0.1, -0.05) is 16.8 Å². The number of benzene rings is 1. The third kappa shape index (κ3) is 4.02. The molecule has 4 rings (SSSR count). The molecule has 0 spiro atoms. The van der Waals surface area contributed by atoms with Crippen molar-refractivity contribution in [1.82, 2.24) is 10.1 Å². The van der Waals surface area contributed by atoms with Gasteiger partial charge in [-0.2, -0.15) is 0 Å². The molecule has 2 aliphatic rings. The lowest BCUT2D eigenvalue weighted by molar-refractivity contribution is 0.184. The number of hydrogen-bond acceptors (Lipinski definition) is 4. The van der Waals surface area contributed by atoms with Crippen molar-refractivity contribution in [3.05, 3.63) is 28.9 Å². The lowest BCUT2D eigenvalue weighted by atomic mass is 9.84. The van der Waals surface area contributed by atoms with Crippen LogP contribution in [0.15, 0.2) is 22.7 Å². The molecule has 0 unspecified atom stereocenters. The van der Waals surface area contributed by atoms with Gasteiger partial charge in [0.1, 0.15) is 0 Å². The molecule has 0 atom stereocenters. The number of nitrogens with zero attached hydrogens (tertiary/aromatic N) is 2. The SMILES string of the molecule is N[C@H]1CC[C@H](CCN2CCC(c3noc4cc(Cl)ccc34)CC2)CC1. The number of piperidine rings is 1. The number of aromatic nitrogens is 1. The Kier molecular flexibility index (Phi) is 5.30. The first-order valence-corrected chi connectivity index (χ1v) is 10.1. The van der Waals surface area contributed by atoms with Gasteiger partial charge >= 0.3 is 0 Å². The van der Waals surface area contributed by atoms with Gasteiger partial charge in [0.15, 0.2) is 5.58 Å². The Morgan fingerprint density at radius 3 is 2.64 bits per heavy atom. The van der Waals surface area contributed by atoms with E-state index in [1.807, 2.05) is 18.2 Å². The van der Waals surface area contributed by atoms with E-state index in [1.165, 1.54) is 64.6 Å². The Hall–Kier alpha value is -1.10. The van der Waals surface area contributed by atoms with Crippen LogP contribution in [-0.4, -0.2) is 35.7 Å². The summed E-state index contributed by atoms with van der Waals surface area (Å²) in [6.07, 6.45) is 8.75. The zero-order valence-electron chi connectivity index (χ0n) is 14.8. The molecule has 1 saturated carbocycles. The molecule has 2 N–H and O–H groups in total. The summed E-state index contributed by atoms with van der Waals surface area (Å²) in [6, 6.07) is 6.29. The molecule has 0 radical (unpaired) electrons. The largest absolute Gasteiger partial charge is 0.356 e. The van der Waals surface area contributed by atoms with Crippen molar-refractivity contribution in [2.45, 2.75) is 56.9 Å². The van der Waals surface area contributed by atoms with E-state index in [1.54, 1.807) is 0 Å². The Labute approximate surface area is 154 Å². The third-order valence-corrected chi connectivity index (χ3v) is 6.42. The average Bonchev–Trinajstić information content (AvgIpc) is 3.04. The number of hydrogen-bond donors (Lipinski definition) is 1. The minimum atomic E-state index is 0.458. The quantitative estimate of drug-likeness (QED) is 0.866. The number of fused-ring (bicyclic) bond motifs is 1. The second-order valence-electron chi connectivity index (χ2n) is 7.89. The Balaban J connectivity index is 1.29. The van der Waals surface area contributed by atoms with Crippen LogP contribution in [0, 0.1) is 5.92 Å². The molecule has 2 aromatic rings. The summed E-state index contributed by atoms with van der Waals surface area (Å²) in [4.78, 5) is 2.63. The van der Waals surface area contributed by atoms with E-state index in [2.05, 4.69) is 10.1 Å². The maximum Gasteiger partial charge on any atom is 0.168 e. The lowest BCUT2D eigenvalue weighted by Crippen LogP contribution is -2.35. The molecule has 25 heavy (non-hydrogen) atoms. The predicted octanol–water partition coefficient (Wildman–Crippen LogP) is 4.57. The molecule has 1 aromatic heterocycles. The minimum Gasteiger partial charge on any atom is -0.356 e. The fraction of sp³-hybridized carbons (Fsp3) is 0.650. The first kappa shape index (κ1) is 17.3. The van der Waals surface area contributed by atoms with Crippen LogP contribution in [0.2, 0.25) is 5.02 Å². The third-order valence-electron chi connectivity index (χ3n) is 6.18. The minimum absolute atomic E-state index is 0.458. The summed E-state index contributed by atoms with van der Waals surface area (Å²) >= 11 is 6.04. The van der Waals surface area contributed by atoms with Gasteiger partial charge in [-0.25, -0.2) is 0 Å². The first-order valence-electron chi connectivity index (χ1n) is 9.72. The van der Waals surface area contributed by atoms with Crippen molar-refractivity contribution in [3.8, 4) is 0 Å². The van der Waals surface area contributed by atoms with Crippen LogP contribution < -0.4 is 5.73 Å². The fourth-order valence-electron chi connectivity index (χ4n) is 4.50. The highest BCUT2D eigenvalue weighted by Gasteiger charge is 2.26. The van der Waals surface area contributed by atoms with Crippen LogP contribution in [0.5, 0.6) is 0 Å². The molecule has 1 saturated heterocycles. The van der Waals surface area contributed by atoms with Crippen molar-refractivity contribution in [2.24, 2.45) is 11.7 Å². The maximum absolute atomic E-state index is 6.04. The molecule has 0 bridgehead atoms. The van der Waals surface area contributed by atoms with Crippen LogP contribution in [-0.2, 0) is 0 Å². The Bertz CT molecular complexity index is 700. The molecule has 1 aliphatic heterocycles. The standard InChI is InChI=1S/C20H28ClN3O/c21-16-3-6-18-19(13-16)25-23-20(18)15-8-11-24(12-9-15)10-7-14-1-4-17(22)5-2-14/h3,6,13-15,17H,1-2,4-5,7-12,22H2/t14-,17-. The summed E-state index contributed by atoms with van der Waals surface area (Å²) < 4.78 is 5.49. The topological polar surface area (TPSA) is 55.3 Å². The molecule has 5 heteroatoms. The summed E-state index contributed by atoms with van der Waals surface area (Å²) in [6.45, 7) is 3.57. The van der Waals surface area contributed by atoms with Crippen LogP contribution >= 0.6 is 11.6 Å². The molecule has 1 aliphatic carbocycles. The summed E-state index contributed by atoms with van der Waals surface area (Å²) in [5.74, 6) is 1.40. The van der Waals surface area contributed by atoms with Gasteiger partial charge in [-0.15, -0.1) is 0 Å². The van der Waals surface area contributed by atoms with E-state index < -0.39 is 0 Å². The molecular weight excluding hydrogens is 334 g/mol. The normalized spacial score (nSPS) is 26.3. The molecule has 0 amide bonds. The highest BCUT2D eigenvalue weighted by Crippen LogP contribution is 2.34. The predicted molar refractivity (Wildman–Crippen MR) is 102 cm³/mol. The first-order chi connectivity index (χ1) is 12.2. The van der Waals surface area contributed by atoms with Crippen LogP contribution in [0.25, 0.3) is 11.0 Å². The van der Waals surface area contributed by atoms with Gasteiger partial charge in [0.25, 0.3) is 0 Å². The summed E-state index contributed by atoms with van der Waals surface area (Å²) in [7, 11) is 0. The molecule has 2 fully saturated rings. The number of rotatable bonds is 4. The van der Waals surface area contributed by atoms with Gasteiger partial charge < -0.3 is 15.2 Å². The second-order valence-corrected chi connectivity index (χ2v) is 8.33. The van der Waals surface area contributed by atoms with E-state index >= 15 is 0 Å². The van der Waals surface area contributed by atoms with E-state index in [0.717, 1.165) is 22.6 Å². The fourth-order valence-corrected chi connectivity index (χ4v) is 4.66. The van der Waals surface area contributed by atoms with Crippen LogP contribution in [0.1, 0.15) is 56.6 Å².